The topological polar surface area (TPSA) is 95.6 Å². The molecule has 0 unspecified atom stereocenters. The van der Waals surface area contributed by atoms with E-state index in [9.17, 15) is 9.59 Å². The van der Waals surface area contributed by atoms with Crippen LogP contribution in [0.15, 0.2) is 23.6 Å². The number of anilines is 2. The van der Waals surface area contributed by atoms with Crippen LogP contribution < -0.4 is 16.0 Å². The van der Waals surface area contributed by atoms with E-state index in [1.54, 1.807) is 0 Å². The molecule has 2 amide bonds. The number of carbonyl (C=O) groups excluding carboxylic acids is 2. The highest BCUT2D eigenvalue weighted by Gasteiger charge is 2.26. The Morgan fingerprint density at radius 1 is 1.18 bits per heavy atom. The standard InChI is InChI=1S/C24H33N5O3S/c1-17-6-7-21(20(14-17)22(30)18-4-2-3-5-18)27-23(31)28-24-26-19(16-33-24)15-25-8-9-29-10-12-32-13-11-29/h6-7,14,16,18,25H,2-5,8-13,15H2,1H3,(H2,26,27,28,31). The van der Waals surface area contributed by atoms with Crippen LogP contribution in [-0.4, -0.2) is 61.1 Å². The lowest BCUT2D eigenvalue weighted by Crippen LogP contribution is -2.40. The zero-order valence-corrected chi connectivity index (χ0v) is 20.0. The number of morpholine rings is 1. The van der Waals surface area contributed by atoms with Crippen LogP contribution >= 0.6 is 11.3 Å². The van der Waals surface area contributed by atoms with Gasteiger partial charge in [-0.1, -0.05) is 24.5 Å². The molecule has 2 aromatic rings. The van der Waals surface area contributed by atoms with Crippen molar-refractivity contribution < 1.29 is 14.3 Å². The van der Waals surface area contributed by atoms with Gasteiger partial charge in [-0.25, -0.2) is 9.78 Å². The number of carbonyl (C=O) groups is 2. The van der Waals surface area contributed by atoms with Gasteiger partial charge in [0.25, 0.3) is 0 Å². The predicted molar refractivity (Wildman–Crippen MR) is 131 cm³/mol. The number of rotatable bonds is 9. The van der Waals surface area contributed by atoms with E-state index in [1.807, 2.05) is 30.5 Å². The smallest absolute Gasteiger partial charge is 0.325 e. The van der Waals surface area contributed by atoms with E-state index < -0.39 is 0 Å². The summed E-state index contributed by atoms with van der Waals surface area (Å²) < 4.78 is 5.37. The van der Waals surface area contributed by atoms with Gasteiger partial charge < -0.3 is 15.4 Å². The van der Waals surface area contributed by atoms with E-state index >= 15 is 0 Å². The minimum Gasteiger partial charge on any atom is -0.379 e. The summed E-state index contributed by atoms with van der Waals surface area (Å²) in [6.07, 6.45) is 4.06. The zero-order valence-electron chi connectivity index (χ0n) is 19.2. The molecule has 178 valence electrons. The molecule has 1 aromatic heterocycles. The molecule has 0 atom stereocenters. The number of aryl methyl sites for hydroxylation is 1. The van der Waals surface area contributed by atoms with Crippen molar-refractivity contribution in [2.75, 3.05) is 50.0 Å². The Balaban J connectivity index is 1.27. The van der Waals surface area contributed by atoms with Crippen LogP contribution in [0.4, 0.5) is 15.6 Å². The Morgan fingerprint density at radius 2 is 1.97 bits per heavy atom. The van der Waals surface area contributed by atoms with Crippen molar-refractivity contribution >= 4 is 34.0 Å². The normalized spacial score (nSPS) is 17.2. The molecule has 3 N–H and O–H groups in total. The Morgan fingerprint density at radius 3 is 2.76 bits per heavy atom. The largest absolute Gasteiger partial charge is 0.379 e. The van der Waals surface area contributed by atoms with Crippen molar-refractivity contribution in [1.82, 2.24) is 15.2 Å². The van der Waals surface area contributed by atoms with Crippen molar-refractivity contribution in [1.29, 1.82) is 0 Å². The van der Waals surface area contributed by atoms with Crippen LogP contribution in [0.3, 0.4) is 0 Å². The quantitative estimate of drug-likeness (QED) is 0.379. The monoisotopic (exact) mass is 471 g/mol. The average molecular weight is 472 g/mol. The van der Waals surface area contributed by atoms with E-state index in [4.69, 9.17) is 4.74 Å². The highest BCUT2D eigenvalue weighted by Crippen LogP contribution is 2.31. The van der Waals surface area contributed by atoms with E-state index in [2.05, 4.69) is 25.8 Å². The molecule has 9 heteroatoms. The third-order valence-corrected chi connectivity index (χ3v) is 7.01. The van der Waals surface area contributed by atoms with Crippen LogP contribution in [0.25, 0.3) is 0 Å². The van der Waals surface area contributed by atoms with Crippen LogP contribution in [-0.2, 0) is 11.3 Å². The number of Topliss-reactive ketones (excluding diaryl/α,β-unsaturated/α-hetero) is 1. The molecular weight excluding hydrogens is 438 g/mol. The first-order chi connectivity index (χ1) is 16.1. The fourth-order valence-corrected chi connectivity index (χ4v) is 5.06. The number of hydrogen-bond acceptors (Lipinski definition) is 7. The van der Waals surface area contributed by atoms with E-state index in [0.717, 1.165) is 76.3 Å². The second kappa shape index (κ2) is 11.7. The molecule has 1 aliphatic carbocycles. The number of nitrogens with zero attached hydrogens (tertiary/aromatic N) is 2. The first kappa shape index (κ1) is 23.8. The van der Waals surface area contributed by atoms with E-state index in [1.165, 1.54) is 11.3 Å². The summed E-state index contributed by atoms with van der Waals surface area (Å²) in [7, 11) is 0. The van der Waals surface area contributed by atoms with Crippen LogP contribution in [0, 0.1) is 12.8 Å². The Hall–Kier alpha value is -2.33. The van der Waals surface area contributed by atoms with Gasteiger partial charge in [0, 0.05) is 49.6 Å². The predicted octanol–water partition coefficient (Wildman–Crippen LogP) is 3.89. The molecule has 1 aromatic carbocycles. The fraction of sp³-hybridized carbons (Fsp3) is 0.542. The number of nitrogens with one attached hydrogen (secondary N) is 3. The Bertz CT molecular complexity index is 951. The number of thiazole rings is 1. The van der Waals surface area contributed by atoms with Crippen LogP contribution in [0.1, 0.15) is 47.3 Å². The molecule has 2 heterocycles. The summed E-state index contributed by atoms with van der Waals surface area (Å²) in [4.78, 5) is 32.5. The number of benzene rings is 1. The van der Waals surface area contributed by atoms with Gasteiger partial charge in [0.05, 0.1) is 24.6 Å². The van der Waals surface area contributed by atoms with Gasteiger partial charge in [0.2, 0.25) is 0 Å². The third-order valence-electron chi connectivity index (χ3n) is 6.20. The maximum atomic E-state index is 13.0. The highest BCUT2D eigenvalue weighted by molar-refractivity contribution is 7.13. The number of aromatic nitrogens is 1. The Kier molecular flexibility index (Phi) is 8.44. The van der Waals surface area contributed by atoms with Crippen molar-refractivity contribution in [2.45, 2.75) is 39.2 Å². The van der Waals surface area contributed by atoms with Crippen molar-refractivity contribution in [2.24, 2.45) is 5.92 Å². The van der Waals surface area contributed by atoms with Crippen LogP contribution in [0.5, 0.6) is 0 Å². The summed E-state index contributed by atoms with van der Waals surface area (Å²) in [5.41, 5.74) is 3.05. The van der Waals surface area contributed by atoms with Crippen molar-refractivity contribution in [3.8, 4) is 0 Å². The van der Waals surface area contributed by atoms with Crippen molar-refractivity contribution in [3.05, 3.63) is 40.4 Å². The average Bonchev–Trinajstić information content (AvgIpc) is 3.51. The first-order valence-electron chi connectivity index (χ1n) is 11.8. The molecule has 4 rings (SSSR count). The number of urea groups is 1. The van der Waals surface area contributed by atoms with Gasteiger partial charge in [0.15, 0.2) is 10.9 Å². The summed E-state index contributed by atoms with van der Waals surface area (Å²) >= 11 is 1.39. The lowest BCUT2D eigenvalue weighted by Gasteiger charge is -2.26. The number of ketones is 1. The summed E-state index contributed by atoms with van der Waals surface area (Å²) in [5.74, 6) is 0.193. The maximum absolute atomic E-state index is 13.0. The molecule has 2 aliphatic rings. The SMILES string of the molecule is Cc1ccc(NC(=O)Nc2nc(CNCCN3CCOCC3)cs2)c(C(=O)C2CCCC2)c1. The van der Waals surface area contributed by atoms with E-state index in [0.29, 0.717) is 22.9 Å². The molecule has 0 bridgehead atoms. The van der Waals surface area contributed by atoms with Gasteiger partial charge in [0.1, 0.15) is 0 Å². The molecule has 1 saturated heterocycles. The second-order valence-corrected chi connectivity index (χ2v) is 9.61. The molecule has 0 radical (unpaired) electrons. The maximum Gasteiger partial charge on any atom is 0.325 e. The first-order valence-corrected chi connectivity index (χ1v) is 12.6. The fourth-order valence-electron chi connectivity index (χ4n) is 4.35. The minimum atomic E-state index is -0.388. The van der Waals surface area contributed by atoms with Gasteiger partial charge in [-0.15, -0.1) is 11.3 Å². The molecule has 0 spiro atoms. The number of amides is 2. The van der Waals surface area contributed by atoms with Gasteiger partial charge in [-0.2, -0.15) is 0 Å². The summed E-state index contributed by atoms with van der Waals surface area (Å²) in [6, 6.07) is 5.20. The van der Waals surface area contributed by atoms with Gasteiger partial charge in [-0.3, -0.25) is 15.0 Å². The summed E-state index contributed by atoms with van der Waals surface area (Å²) in [5, 5.41) is 11.5. The van der Waals surface area contributed by atoms with Gasteiger partial charge >= 0.3 is 6.03 Å². The van der Waals surface area contributed by atoms with Crippen LogP contribution in [0.2, 0.25) is 0 Å². The molecule has 1 aliphatic heterocycles. The molecule has 1 saturated carbocycles. The third kappa shape index (κ3) is 6.83. The lowest BCUT2D eigenvalue weighted by molar-refractivity contribution is 0.0384. The number of hydrogen-bond donors (Lipinski definition) is 3. The van der Waals surface area contributed by atoms with Crippen molar-refractivity contribution in [3.63, 3.8) is 0 Å². The molecule has 8 nitrogen and oxygen atoms in total. The van der Waals surface area contributed by atoms with Gasteiger partial charge in [-0.05, 0) is 31.9 Å². The molecular formula is C24H33N5O3S. The Labute approximate surface area is 199 Å². The van der Waals surface area contributed by atoms with E-state index in [-0.39, 0.29) is 17.7 Å². The molecule has 2 fully saturated rings. The summed E-state index contributed by atoms with van der Waals surface area (Å²) in [6.45, 7) is 8.06. The zero-order chi connectivity index (χ0) is 23.0. The highest BCUT2D eigenvalue weighted by atomic mass is 32.1. The minimum absolute atomic E-state index is 0.0627. The second-order valence-electron chi connectivity index (χ2n) is 8.75. The number of ether oxygens (including phenoxy) is 1. The lowest BCUT2D eigenvalue weighted by atomic mass is 9.94. The molecule has 33 heavy (non-hydrogen) atoms.